The second kappa shape index (κ2) is 4.46. The van der Waals surface area contributed by atoms with Crippen molar-refractivity contribution in [3.05, 3.63) is 39.4 Å². The molecule has 2 heterocycles. The maximum Gasteiger partial charge on any atom is 0.266 e. The van der Waals surface area contributed by atoms with Crippen LogP contribution in [0.15, 0.2) is 28.2 Å². The lowest BCUT2D eigenvalue weighted by Crippen LogP contribution is -2.16. The van der Waals surface area contributed by atoms with Gasteiger partial charge in [-0.25, -0.2) is 8.42 Å². The first-order chi connectivity index (χ1) is 8.40. The number of hydrogen-bond donors (Lipinski definition) is 3. The van der Waals surface area contributed by atoms with Gasteiger partial charge in [0.25, 0.3) is 15.6 Å². The van der Waals surface area contributed by atoms with Gasteiger partial charge in [0, 0.05) is 11.8 Å². The minimum absolute atomic E-state index is 0.138. The van der Waals surface area contributed by atoms with Crippen molar-refractivity contribution in [2.24, 2.45) is 0 Å². The predicted octanol–water partition coefficient (Wildman–Crippen LogP) is 0.861. The molecule has 0 bridgehead atoms. The summed E-state index contributed by atoms with van der Waals surface area (Å²) in [6, 6.07) is 1.08. The Bertz CT molecular complexity index is 734. The average molecular weight is 289 g/mol. The number of pyridine rings is 1. The SMILES string of the molecule is Cc1cn[nH]c1NS(=O)(=O)c1c[nH]c(=O)c(Cl)c1. The van der Waals surface area contributed by atoms with Crippen LogP contribution < -0.4 is 10.3 Å². The van der Waals surface area contributed by atoms with Crippen LogP contribution in [0.4, 0.5) is 5.82 Å². The zero-order chi connectivity index (χ0) is 13.3. The maximum atomic E-state index is 12.0. The van der Waals surface area contributed by atoms with Gasteiger partial charge < -0.3 is 4.98 Å². The molecule has 2 aromatic heterocycles. The number of hydrogen-bond acceptors (Lipinski definition) is 4. The number of aryl methyl sites for hydroxylation is 1. The Balaban J connectivity index is 2.40. The topological polar surface area (TPSA) is 108 Å². The molecule has 18 heavy (non-hydrogen) atoms. The van der Waals surface area contributed by atoms with Crippen LogP contribution >= 0.6 is 11.6 Å². The first-order valence-corrected chi connectivity index (χ1v) is 6.67. The van der Waals surface area contributed by atoms with Crippen molar-refractivity contribution >= 4 is 27.4 Å². The monoisotopic (exact) mass is 288 g/mol. The highest BCUT2D eigenvalue weighted by Gasteiger charge is 2.17. The third-order valence-corrected chi connectivity index (χ3v) is 3.82. The number of rotatable bonds is 3. The van der Waals surface area contributed by atoms with Crippen LogP contribution in [0.3, 0.4) is 0 Å². The van der Waals surface area contributed by atoms with Crippen LogP contribution in [-0.2, 0) is 10.0 Å². The Labute approximate surface area is 107 Å². The summed E-state index contributed by atoms with van der Waals surface area (Å²) in [5.41, 5.74) is 0.0995. The number of aromatic amines is 2. The van der Waals surface area contributed by atoms with Gasteiger partial charge in [-0.2, -0.15) is 5.10 Å². The zero-order valence-electron chi connectivity index (χ0n) is 9.19. The predicted molar refractivity (Wildman–Crippen MR) is 66.2 cm³/mol. The molecule has 0 fully saturated rings. The highest BCUT2D eigenvalue weighted by molar-refractivity contribution is 7.92. The molecule has 0 atom stereocenters. The molecule has 0 radical (unpaired) electrons. The van der Waals surface area contributed by atoms with Crippen molar-refractivity contribution in [1.82, 2.24) is 15.2 Å². The average Bonchev–Trinajstić information content (AvgIpc) is 2.67. The highest BCUT2D eigenvalue weighted by atomic mass is 35.5. The second-order valence-electron chi connectivity index (χ2n) is 3.55. The third kappa shape index (κ3) is 2.39. The standard InChI is InChI=1S/C9H9ClN4O3S/c1-5-3-12-13-8(5)14-18(16,17)6-2-7(10)9(15)11-4-6/h2-4H,1H3,(H,11,15)(H2,12,13,14). The van der Waals surface area contributed by atoms with E-state index in [-0.39, 0.29) is 15.7 Å². The zero-order valence-corrected chi connectivity index (χ0v) is 10.8. The molecule has 0 unspecified atom stereocenters. The van der Waals surface area contributed by atoms with Crippen LogP contribution in [0, 0.1) is 6.92 Å². The van der Waals surface area contributed by atoms with E-state index in [1.54, 1.807) is 6.92 Å². The van der Waals surface area contributed by atoms with E-state index < -0.39 is 15.6 Å². The van der Waals surface area contributed by atoms with Crippen molar-refractivity contribution in [2.75, 3.05) is 4.72 Å². The Hall–Kier alpha value is -1.80. The molecule has 0 amide bonds. The van der Waals surface area contributed by atoms with Crippen molar-refractivity contribution in [1.29, 1.82) is 0 Å². The summed E-state index contributed by atoms with van der Waals surface area (Å²) in [5, 5.41) is 6.01. The van der Waals surface area contributed by atoms with E-state index in [1.165, 1.54) is 6.20 Å². The van der Waals surface area contributed by atoms with Crippen molar-refractivity contribution in [2.45, 2.75) is 11.8 Å². The van der Waals surface area contributed by atoms with Gasteiger partial charge in [0.15, 0.2) is 0 Å². The lowest BCUT2D eigenvalue weighted by atomic mass is 10.4. The van der Waals surface area contributed by atoms with Crippen molar-refractivity contribution in [3.8, 4) is 0 Å². The molecule has 0 aliphatic rings. The molecule has 3 N–H and O–H groups in total. The molecule has 0 spiro atoms. The summed E-state index contributed by atoms with van der Waals surface area (Å²) in [5.74, 6) is 0.261. The van der Waals surface area contributed by atoms with Crippen LogP contribution in [0.5, 0.6) is 0 Å². The van der Waals surface area contributed by atoms with Gasteiger partial charge in [0.1, 0.15) is 15.7 Å². The summed E-state index contributed by atoms with van der Waals surface area (Å²) in [4.78, 5) is 13.1. The van der Waals surface area contributed by atoms with Gasteiger partial charge in [0.05, 0.1) is 6.20 Å². The molecule has 0 aliphatic heterocycles. The first-order valence-electron chi connectivity index (χ1n) is 4.81. The molecule has 0 saturated carbocycles. The molecule has 9 heteroatoms. The Morgan fingerprint density at radius 2 is 2.17 bits per heavy atom. The number of aromatic nitrogens is 3. The summed E-state index contributed by atoms with van der Waals surface area (Å²) >= 11 is 5.58. The van der Waals surface area contributed by atoms with Gasteiger partial charge in [-0.05, 0) is 13.0 Å². The first kappa shape index (κ1) is 12.7. The van der Waals surface area contributed by atoms with Gasteiger partial charge in [0.2, 0.25) is 0 Å². The van der Waals surface area contributed by atoms with E-state index in [9.17, 15) is 13.2 Å². The molecule has 2 aromatic rings. The van der Waals surface area contributed by atoms with Crippen LogP contribution in [0.1, 0.15) is 5.56 Å². The van der Waals surface area contributed by atoms with Gasteiger partial charge in [-0.15, -0.1) is 0 Å². The van der Waals surface area contributed by atoms with E-state index in [4.69, 9.17) is 11.6 Å². The number of halogens is 1. The lowest BCUT2D eigenvalue weighted by Gasteiger charge is -2.06. The molecule has 0 aromatic carbocycles. The quantitative estimate of drug-likeness (QED) is 0.778. The molecule has 0 aliphatic carbocycles. The summed E-state index contributed by atoms with van der Waals surface area (Å²) in [7, 11) is -3.82. The Morgan fingerprint density at radius 1 is 1.44 bits per heavy atom. The Morgan fingerprint density at radius 3 is 2.72 bits per heavy atom. The van der Waals surface area contributed by atoms with Gasteiger partial charge >= 0.3 is 0 Å². The molecule has 96 valence electrons. The van der Waals surface area contributed by atoms with E-state index in [2.05, 4.69) is 19.9 Å². The lowest BCUT2D eigenvalue weighted by molar-refractivity contribution is 0.600. The normalized spacial score (nSPS) is 11.4. The minimum Gasteiger partial charge on any atom is -0.326 e. The number of anilines is 1. The van der Waals surface area contributed by atoms with Gasteiger partial charge in [-0.1, -0.05) is 11.6 Å². The minimum atomic E-state index is -3.82. The fraction of sp³-hybridized carbons (Fsp3) is 0.111. The molecular formula is C9H9ClN4O3S. The fourth-order valence-electron chi connectivity index (χ4n) is 1.24. The number of nitrogens with zero attached hydrogens (tertiary/aromatic N) is 1. The van der Waals surface area contributed by atoms with Crippen LogP contribution in [0.2, 0.25) is 5.02 Å². The van der Waals surface area contributed by atoms with E-state index >= 15 is 0 Å². The Kier molecular flexibility index (Phi) is 3.14. The van der Waals surface area contributed by atoms with Crippen molar-refractivity contribution in [3.63, 3.8) is 0 Å². The van der Waals surface area contributed by atoms with Crippen LogP contribution in [-0.4, -0.2) is 23.6 Å². The molecule has 7 nitrogen and oxygen atoms in total. The van der Waals surface area contributed by atoms with Crippen LogP contribution in [0.25, 0.3) is 0 Å². The highest BCUT2D eigenvalue weighted by Crippen LogP contribution is 2.17. The summed E-state index contributed by atoms with van der Waals surface area (Å²) in [6.07, 6.45) is 2.56. The number of sulfonamides is 1. The maximum absolute atomic E-state index is 12.0. The van der Waals surface area contributed by atoms with Crippen molar-refractivity contribution < 1.29 is 8.42 Å². The molecule has 2 rings (SSSR count). The van der Waals surface area contributed by atoms with E-state index in [0.29, 0.717) is 5.56 Å². The fourth-order valence-corrected chi connectivity index (χ4v) is 2.55. The third-order valence-electron chi connectivity index (χ3n) is 2.21. The number of nitrogens with one attached hydrogen (secondary N) is 3. The van der Waals surface area contributed by atoms with Gasteiger partial charge in [-0.3, -0.25) is 14.6 Å². The second-order valence-corrected chi connectivity index (χ2v) is 5.64. The van der Waals surface area contributed by atoms with E-state index in [0.717, 1.165) is 12.3 Å². The smallest absolute Gasteiger partial charge is 0.266 e. The molecular weight excluding hydrogens is 280 g/mol. The number of H-pyrrole nitrogens is 2. The molecule has 0 saturated heterocycles. The largest absolute Gasteiger partial charge is 0.326 e. The summed E-state index contributed by atoms with van der Waals surface area (Å²) < 4.78 is 26.3. The summed E-state index contributed by atoms with van der Waals surface area (Å²) in [6.45, 7) is 1.70. The van der Waals surface area contributed by atoms with E-state index in [1.807, 2.05) is 0 Å².